The van der Waals surface area contributed by atoms with E-state index in [1.807, 2.05) is 0 Å². The third kappa shape index (κ3) is 5.53. The molecule has 1 aromatic carbocycles. The number of benzene rings is 1. The van der Waals surface area contributed by atoms with Gasteiger partial charge in [0.15, 0.2) is 21.5 Å². The number of ether oxygens (including phenoxy) is 4. The molecule has 0 unspecified atom stereocenters. The molecule has 0 saturated heterocycles. The van der Waals surface area contributed by atoms with Gasteiger partial charge in [-0.3, -0.25) is 9.55 Å². The summed E-state index contributed by atoms with van der Waals surface area (Å²) >= 11 is 0. The van der Waals surface area contributed by atoms with Crippen molar-refractivity contribution in [1.29, 1.82) is 0 Å². The van der Waals surface area contributed by atoms with Crippen LogP contribution in [0.1, 0.15) is 30.2 Å². The molecule has 3 aromatic heterocycles. The molecule has 40 heavy (non-hydrogen) atoms. The number of sulfone groups is 1. The second-order valence-corrected chi connectivity index (χ2v) is 11.1. The lowest BCUT2D eigenvalue weighted by atomic mass is 10.2. The van der Waals surface area contributed by atoms with Gasteiger partial charge in [0.2, 0.25) is 11.8 Å². The SMILES string of the molecule is COc1cccc(-c2nnc(CS(=O)(=O)[C@@H](C)[C@H](O)c3ncc(C)nc3OC)n2-c2c(OC)cccc2OC)n1. The van der Waals surface area contributed by atoms with E-state index < -0.39 is 26.9 Å². The molecule has 0 spiro atoms. The minimum absolute atomic E-state index is 0.0123. The first-order chi connectivity index (χ1) is 19.1. The van der Waals surface area contributed by atoms with Crippen LogP contribution in [-0.4, -0.2) is 76.9 Å². The first-order valence-corrected chi connectivity index (χ1v) is 13.8. The summed E-state index contributed by atoms with van der Waals surface area (Å²) in [5.74, 6) is 0.824. The topological polar surface area (TPSA) is 161 Å². The fraction of sp³-hybridized carbons (Fsp3) is 0.346. The van der Waals surface area contributed by atoms with E-state index in [1.54, 1.807) is 43.3 Å². The van der Waals surface area contributed by atoms with Gasteiger partial charge in [-0.2, -0.15) is 0 Å². The first-order valence-electron chi connectivity index (χ1n) is 12.1. The van der Waals surface area contributed by atoms with Crippen LogP contribution in [0.5, 0.6) is 23.3 Å². The van der Waals surface area contributed by atoms with Crippen LogP contribution in [0, 0.1) is 6.92 Å². The summed E-state index contributed by atoms with van der Waals surface area (Å²) in [6.07, 6.45) is -0.0944. The van der Waals surface area contributed by atoms with Crippen molar-refractivity contribution in [2.24, 2.45) is 0 Å². The van der Waals surface area contributed by atoms with Crippen molar-refractivity contribution >= 4 is 9.84 Å². The molecule has 0 bridgehead atoms. The number of para-hydroxylation sites is 1. The van der Waals surface area contributed by atoms with Crippen LogP contribution in [-0.2, 0) is 15.6 Å². The molecule has 14 heteroatoms. The van der Waals surface area contributed by atoms with E-state index in [0.29, 0.717) is 34.5 Å². The zero-order valence-electron chi connectivity index (χ0n) is 22.9. The van der Waals surface area contributed by atoms with E-state index in [-0.39, 0.29) is 23.2 Å². The molecule has 212 valence electrons. The number of hydrogen-bond acceptors (Lipinski definition) is 12. The zero-order valence-corrected chi connectivity index (χ0v) is 23.7. The maximum atomic E-state index is 13.7. The Balaban J connectivity index is 1.84. The Morgan fingerprint density at radius 2 is 1.60 bits per heavy atom. The van der Waals surface area contributed by atoms with Gasteiger partial charge in [0.05, 0.1) is 39.4 Å². The Kier molecular flexibility index (Phi) is 8.49. The fourth-order valence-corrected chi connectivity index (χ4v) is 5.39. The number of methoxy groups -OCH3 is 4. The Labute approximate surface area is 231 Å². The van der Waals surface area contributed by atoms with Gasteiger partial charge in [-0.15, -0.1) is 10.2 Å². The Hall–Kier alpha value is -4.30. The van der Waals surface area contributed by atoms with E-state index in [9.17, 15) is 13.5 Å². The Bertz CT molecular complexity index is 1590. The summed E-state index contributed by atoms with van der Waals surface area (Å²) in [4.78, 5) is 12.8. The van der Waals surface area contributed by atoms with Crippen molar-refractivity contribution in [2.45, 2.75) is 31.0 Å². The minimum atomic E-state index is -4.07. The predicted molar refractivity (Wildman–Crippen MR) is 145 cm³/mol. The van der Waals surface area contributed by atoms with Crippen LogP contribution >= 0.6 is 0 Å². The zero-order chi connectivity index (χ0) is 29.0. The molecule has 0 amide bonds. The monoisotopic (exact) mass is 570 g/mol. The summed E-state index contributed by atoms with van der Waals surface area (Å²) in [5.41, 5.74) is 1.32. The molecule has 4 rings (SSSR count). The molecule has 13 nitrogen and oxygen atoms in total. The molecular formula is C26H30N6O7S. The van der Waals surface area contributed by atoms with Gasteiger partial charge < -0.3 is 24.1 Å². The number of aromatic nitrogens is 6. The van der Waals surface area contributed by atoms with Gasteiger partial charge >= 0.3 is 0 Å². The number of rotatable bonds is 11. The number of aliphatic hydroxyl groups excluding tert-OH is 1. The summed E-state index contributed by atoms with van der Waals surface area (Å²) in [6, 6.07) is 10.2. The van der Waals surface area contributed by atoms with Gasteiger partial charge in [0.1, 0.15) is 40.4 Å². The molecule has 4 aromatic rings. The third-order valence-corrected chi connectivity index (χ3v) is 8.27. The molecule has 0 aliphatic carbocycles. The maximum absolute atomic E-state index is 13.7. The molecule has 0 radical (unpaired) electrons. The molecule has 3 heterocycles. The van der Waals surface area contributed by atoms with E-state index in [2.05, 4.69) is 25.1 Å². The lowest BCUT2D eigenvalue weighted by Gasteiger charge is -2.21. The smallest absolute Gasteiger partial charge is 0.238 e. The highest BCUT2D eigenvalue weighted by atomic mass is 32.2. The molecule has 1 N–H and O–H groups in total. The molecule has 0 aliphatic heterocycles. The standard InChI is InChI=1S/C26H30N6O7S/c1-15-13-27-22(26(28-15)39-6)24(33)16(2)40(34,35)14-20-30-31-25(17-9-7-12-21(29-17)38-5)32(20)23-18(36-3)10-8-11-19(23)37-4/h7-13,16,24,33H,14H2,1-6H3/t16-,24-/m0/s1. The van der Waals surface area contributed by atoms with Crippen LogP contribution in [0.2, 0.25) is 0 Å². The summed E-state index contributed by atoms with van der Waals surface area (Å²) in [5, 5.41) is 18.2. The number of aliphatic hydroxyl groups is 1. The molecular weight excluding hydrogens is 540 g/mol. The number of hydrogen-bond donors (Lipinski definition) is 1. The van der Waals surface area contributed by atoms with Gasteiger partial charge in [0.25, 0.3) is 0 Å². The molecule has 0 aliphatic rings. The maximum Gasteiger partial charge on any atom is 0.238 e. The summed E-state index contributed by atoms with van der Waals surface area (Å²) in [6.45, 7) is 3.09. The van der Waals surface area contributed by atoms with E-state index in [4.69, 9.17) is 18.9 Å². The quantitative estimate of drug-likeness (QED) is 0.281. The van der Waals surface area contributed by atoms with Gasteiger partial charge in [-0.1, -0.05) is 12.1 Å². The van der Waals surface area contributed by atoms with E-state index in [1.165, 1.54) is 46.1 Å². The van der Waals surface area contributed by atoms with Gasteiger partial charge in [-0.05, 0) is 32.0 Å². The molecule has 0 fully saturated rings. The van der Waals surface area contributed by atoms with Crippen LogP contribution < -0.4 is 18.9 Å². The van der Waals surface area contributed by atoms with E-state index in [0.717, 1.165) is 0 Å². The van der Waals surface area contributed by atoms with Crippen LogP contribution in [0.4, 0.5) is 0 Å². The van der Waals surface area contributed by atoms with Gasteiger partial charge in [-0.25, -0.2) is 18.4 Å². The van der Waals surface area contributed by atoms with Crippen molar-refractivity contribution in [3.63, 3.8) is 0 Å². The highest BCUT2D eigenvalue weighted by Gasteiger charge is 2.35. The van der Waals surface area contributed by atoms with Crippen LogP contribution in [0.25, 0.3) is 17.2 Å². The second-order valence-electron chi connectivity index (χ2n) is 8.71. The van der Waals surface area contributed by atoms with Crippen LogP contribution in [0.15, 0.2) is 42.6 Å². The van der Waals surface area contributed by atoms with Crippen molar-refractivity contribution in [1.82, 2.24) is 29.7 Å². The summed E-state index contributed by atoms with van der Waals surface area (Å²) < 4.78 is 50.6. The van der Waals surface area contributed by atoms with Crippen molar-refractivity contribution in [3.8, 4) is 40.5 Å². The highest BCUT2D eigenvalue weighted by Crippen LogP contribution is 2.37. The van der Waals surface area contributed by atoms with E-state index >= 15 is 0 Å². The minimum Gasteiger partial charge on any atom is -0.494 e. The first kappa shape index (κ1) is 28.7. The predicted octanol–water partition coefficient (Wildman–Crippen LogP) is 2.50. The highest BCUT2D eigenvalue weighted by molar-refractivity contribution is 7.91. The average Bonchev–Trinajstić information content (AvgIpc) is 3.37. The summed E-state index contributed by atoms with van der Waals surface area (Å²) in [7, 11) is 1.75. The number of nitrogens with zero attached hydrogens (tertiary/aromatic N) is 6. The van der Waals surface area contributed by atoms with Gasteiger partial charge in [0, 0.05) is 12.3 Å². The third-order valence-electron chi connectivity index (χ3n) is 6.22. The lowest BCUT2D eigenvalue weighted by Crippen LogP contribution is -2.29. The van der Waals surface area contributed by atoms with Crippen molar-refractivity contribution < 1.29 is 32.5 Å². The van der Waals surface area contributed by atoms with Crippen molar-refractivity contribution in [3.05, 3.63) is 59.8 Å². The number of aryl methyl sites for hydroxylation is 1. The van der Waals surface area contributed by atoms with Crippen LogP contribution in [0.3, 0.4) is 0 Å². The Morgan fingerprint density at radius 3 is 2.23 bits per heavy atom. The fourth-order valence-electron chi connectivity index (χ4n) is 4.06. The molecule has 2 atom stereocenters. The molecule has 0 saturated carbocycles. The Morgan fingerprint density at radius 1 is 0.925 bits per heavy atom. The second kappa shape index (κ2) is 11.8. The normalized spacial score (nSPS) is 13.0. The number of pyridine rings is 1. The lowest BCUT2D eigenvalue weighted by molar-refractivity contribution is 0.165. The average molecular weight is 571 g/mol. The van der Waals surface area contributed by atoms with Crippen molar-refractivity contribution in [2.75, 3.05) is 28.4 Å². The largest absolute Gasteiger partial charge is 0.494 e.